The zero-order valence-corrected chi connectivity index (χ0v) is 11.1. The fourth-order valence-corrected chi connectivity index (χ4v) is 2.53. The maximum absolute atomic E-state index is 10.9. The second-order valence-electron chi connectivity index (χ2n) is 3.88. The highest BCUT2D eigenvalue weighted by atomic mass is 32.1. The predicted molar refractivity (Wildman–Crippen MR) is 72.5 cm³/mol. The van der Waals surface area contributed by atoms with Crippen LogP contribution in [0.1, 0.15) is 16.3 Å². The van der Waals surface area contributed by atoms with Crippen LogP contribution in [0.2, 0.25) is 0 Å². The first-order valence-electron chi connectivity index (χ1n) is 5.58. The molecular formula is C12H13N3O3S. The van der Waals surface area contributed by atoms with Crippen LogP contribution in [0.4, 0.5) is 5.69 Å². The topological polar surface area (TPSA) is 91.3 Å². The van der Waals surface area contributed by atoms with Gasteiger partial charge in [-0.3, -0.25) is 10.1 Å². The minimum atomic E-state index is -0.449. The summed E-state index contributed by atoms with van der Waals surface area (Å²) in [5.74, 6) is 0.260. The number of nitrogens with zero attached hydrogens (tertiary/aromatic N) is 2. The fourth-order valence-electron chi connectivity index (χ4n) is 1.69. The van der Waals surface area contributed by atoms with Gasteiger partial charge in [0.25, 0.3) is 0 Å². The molecule has 0 unspecified atom stereocenters. The minimum absolute atomic E-state index is 0.0318. The second-order valence-corrected chi connectivity index (χ2v) is 4.82. The van der Waals surface area contributed by atoms with Gasteiger partial charge in [0.1, 0.15) is 0 Å². The Labute approximate surface area is 114 Å². The summed E-state index contributed by atoms with van der Waals surface area (Å²) in [7, 11) is 1.41. The fraction of sp³-hybridized carbons (Fsp3) is 0.250. The van der Waals surface area contributed by atoms with Crippen molar-refractivity contribution in [2.75, 3.05) is 7.11 Å². The summed E-state index contributed by atoms with van der Waals surface area (Å²) in [6.07, 6.45) is 0.551. The van der Waals surface area contributed by atoms with Gasteiger partial charge < -0.3 is 10.5 Å². The minimum Gasteiger partial charge on any atom is -0.490 e. The number of thiazole rings is 1. The van der Waals surface area contributed by atoms with Gasteiger partial charge in [0.15, 0.2) is 5.75 Å². The lowest BCUT2D eigenvalue weighted by atomic mass is 10.1. The maximum Gasteiger partial charge on any atom is 0.311 e. The number of benzene rings is 1. The first kappa shape index (κ1) is 13.4. The molecule has 0 saturated heterocycles. The molecular weight excluding hydrogens is 266 g/mol. The molecule has 0 fully saturated rings. The van der Waals surface area contributed by atoms with E-state index in [4.69, 9.17) is 10.5 Å². The molecule has 2 N–H and O–H groups in total. The molecule has 0 aliphatic heterocycles. The van der Waals surface area contributed by atoms with Crippen molar-refractivity contribution in [3.63, 3.8) is 0 Å². The van der Waals surface area contributed by atoms with E-state index in [1.807, 2.05) is 5.38 Å². The predicted octanol–water partition coefficient (Wildman–Crippen LogP) is 2.11. The van der Waals surface area contributed by atoms with Gasteiger partial charge in [-0.15, -0.1) is 11.3 Å². The van der Waals surface area contributed by atoms with Crippen LogP contribution in [0, 0.1) is 10.1 Å². The molecule has 0 amide bonds. The summed E-state index contributed by atoms with van der Waals surface area (Å²) in [5, 5.41) is 13.7. The number of methoxy groups -OCH3 is 1. The van der Waals surface area contributed by atoms with E-state index < -0.39 is 4.92 Å². The molecule has 19 heavy (non-hydrogen) atoms. The van der Waals surface area contributed by atoms with Gasteiger partial charge in [-0.25, -0.2) is 4.98 Å². The summed E-state index contributed by atoms with van der Waals surface area (Å²) in [6.45, 7) is 0.402. The van der Waals surface area contributed by atoms with Crippen LogP contribution in [0.3, 0.4) is 0 Å². The lowest BCUT2D eigenvalue weighted by Gasteiger charge is -2.03. The average molecular weight is 279 g/mol. The van der Waals surface area contributed by atoms with Crippen molar-refractivity contribution in [2.24, 2.45) is 5.73 Å². The highest BCUT2D eigenvalue weighted by Gasteiger charge is 2.15. The van der Waals surface area contributed by atoms with Crippen LogP contribution in [0.5, 0.6) is 5.75 Å². The van der Waals surface area contributed by atoms with Gasteiger partial charge in [-0.1, -0.05) is 6.07 Å². The number of aromatic nitrogens is 1. The molecule has 100 valence electrons. The molecule has 0 aliphatic carbocycles. The van der Waals surface area contributed by atoms with Gasteiger partial charge in [0, 0.05) is 24.4 Å². The number of ether oxygens (including phenoxy) is 1. The Balaban J connectivity index is 2.25. The Morgan fingerprint density at radius 1 is 1.53 bits per heavy atom. The van der Waals surface area contributed by atoms with E-state index in [0.29, 0.717) is 13.0 Å². The Morgan fingerprint density at radius 2 is 2.32 bits per heavy atom. The average Bonchev–Trinajstić information content (AvgIpc) is 2.86. The molecule has 2 rings (SSSR count). The van der Waals surface area contributed by atoms with Crippen molar-refractivity contribution in [1.82, 2.24) is 4.98 Å². The van der Waals surface area contributed by atoms with Gasteiger partial charge in [0.05, 0.1) is 22.7 Å². The van der Waals surface area contributed by atoms with E-state index in [0.717, 1.165) is 16.3 Å². The molecule has 0 saturated carbocycles. The van der Waals surface area contributed by atoms with E-state index in [-0.39, 0.29) is 11.4 Å². The van der Waals surface area contributed by atoms with Crippen molar-refractivity contribution >= 4 is 17.0 Å². The van der Waals surface area contributed by atoms with Gasteiger partial charge >= 0.3 is 5.69 Å². The number of hydrogen-bond donors (Lipinski definition) is 1. The molecule has 2 aromatic rings. The van der Waals surface area contributed by atoms with Crippen LogP contribution in [0.15, 0.2) is 23.6 Å². The lowest BCUT2D eigenvalue weighted by Crippen LogP contribution is -1.98. The van der Waals surface area contributed by atoms with E-state index in [2.05, 4.69) is 4.98 Å². The summed E-state index contributed by atoms with van der Waals surface area (Å²) in [6, 6.07) is 4.92. The molecule has 6 nitrogen and oxygen atoms in total. The normalized spacial score (nSPS) is 10.4. The third-order valence-corrected chi connectivity index (χ3v) is 3.50. The first-order chi connectivity index (χ1) is 9.13. The maximum atomic E-state index is 10.9. The number of nitro benzene ring substituents is 1. The van der Waals surface area contributed by atoms with Crippen molar-refractivity contribution in [2.45, 2.75) is 13.0 Å². The molecule has 0 atom stereocenters. The Kier molecular flexibility index (Phi) is 4.08. The lowest BCUT2D eigenvalue weighted by molar-refractivity contribution is -0.385. The van der Waals surface area contributed by atoms with Crippen LogP contribution >= 0.6 is 11.3 Å². The van der Waals surface area contributed by atoms with Crippen LogP contribution in [0.25, 0.3) is 0 Å². The quantitative estimate of drug-likeness (QED) is 0.668. The largest absolute Gasteiger partial charge is 0.490 e. The Hall–Kier alpha value is -1.99. The van der Waals surface area contributed by atoms with Crippen LogP contribution in [-0.2, 0) is 13.0 Å². The smallest absolute Gasteiger partial charge is 0.311 e. The van der Waals surface area contributed by atoms with Crippen LogP contribution < -0.4 is 10.5 Å². The van der Waals surface area contributed by atoms with Gasteiger partial charge in [-0.05, 0) is 11.6 Å². The van der Waals surface area contributed by atoms with Crippen molar-refractivity contribution in [3.05, 3.63) is 50.0 Å². The highest BCUT2D eigenvalue weighted by Crippen LogP contribution is 2.28. The van der Waals surface area contributed by atoms with E-state index in [1.54, 1.807) is 12.1 Å². The van der Waals surface area contributed by atoms with Crippen LogP contribution in [-0.4, -0.2) is 17.0 Å². The highest BCUT2D eigenvalue weighted by molar-refractivity contribution is 7.09. The molecule has 0 aliphatic rings. The number of nitro groups is 1. The third kappa shape index (κ3) is 3.07. The SMILES string of the molecule is COc1ccc(Cc2nc(CN)cs2)cc1[N+](=O)[O-]. The zero-order valence-electron chi connectivity index (χ0n) is 10.3. The summed E-state index contributed by atoms with van der Waals surface area (Å²) in [4.78, 5) is 14.8. The van der Waals surface area contributed by atoms with E-state index >= 15 is 0 Å². The van der Waals surface area contributed by atoms with Crippen molar-refractivity contribution in [1.29, 1.82) is 0 Å². The molecule has 0 spiro atoms. The second kappa shape index (κ2) is 5.77. The number of rotatable bonds is 5. The number of hydrogen-bond acceptors (Lipinski definition) is 6. The zero-order chi connectivity index (χ0) is 13.8. The van der Waals surface area contributed by atoms with Gasteiger partial charge in [0.2, 0.25) is 0 Å². The number of nitrogens with two attached hydrogens (primary N) is 1. The van der Waals surface area contributed by atoms with E-state index in [1.165, 1.54) is 24.5 Å². The van der Waals surface area contributed by atoms with E-state index in [9.17, 15) is 10.1 Å². The molecule has 1 heterocycles. The standard InChI is InChI=1S/C12H13N3O3S/c1-18-11-3-2-8(4-10(11)15(16)17)5-12-14-9(6-13)7-19-12/h2-4,7H,5-6,13H2,1H3. The first-order valence-corrected chi connectivity index (χ1v) is 6.46. The molecule has 1 aromatic carbocycles. The Morgan fingerprint density at radius 3 is 2.89 bits per heavy atom. The van der Waals surface area contributed by atoms with Crippen molar-refractivity contribution < 1.29 is 9.66 Å². The molecule has 1 aromatic heterocycles. The summed E-state index contributed by atoms with van der Waals surface area (Å²) < 4.78 is 4.96. The summed E-state index contributed by atoms with van der Waals surface area (Å²) >= 11 is 1.50. The summed E-state index contributed by atoms with van der Waals surface area (Å²) in [5.41, 5.74) is 7.13. The van der Waals surface area contributed by atoms with Gasteiger partial charge in [-0.2, -0.15) is 0 Å². The Bertz CT molecular complexity index is 598. The third-order valence-electron chi connectivity index (χ3n) is 2.60. The van der Waals surface area contributed by atoms with Crippen molar-refractivity contribution in [3.8, 4) is 5.75 Å². The molecule has 0 bridgehead atoms. The molecule has 7 heteroatoms. The molecule has 0 radical (unpaired) electrons. The monoisotopic (exact) mass is 279 g/mol.